The Morgan fingerprint density at radius 3 is 0.888 bits per heavy atom. The van der Waals surface area contributed by atoms with E-state index < -0.39 is 308 Å². The summed E-state index contributed by atoms with van der Waals surface area (Å²) in [6.07, 6.45) is -79.6. The van der Waals surface area contributed by atoms with Crippen LogP contribution in [0.1, 0.15) is 13.8 Å². The van der Waals surface area contributed by atoms with Crippen molar-refractivity contribution < 1.29 is 219 Å². The molecule has 0 unspecified atom stereocenters. The third kappa shape index (κ3) is 16.5. The summed E-state index contributed by atoms with van der Waals surface area (Å²) >= 11 is 0. The lowest BCUT2D eigenvalue weighted by Crippen LogP contribution is -2.75. The van der Waals surface area contributed by atoms with Crippen molar-refractivity contribution in [1.29, 1.82) is 0 Å². The molecule has 7 fully saturated rings. The molecule has 0 saturated carbocycles. The van der Waals surface area contributed by atoms with Crippen LogP contribution < -0.4 is 10.6 Å². The fourth-order valence-corrected chi connectivity index (χ4v) is 12.2. The Balaban J connectivity index is 1.01. The van der Waals surface area contributed by atoms with E-state index in [1.165, 1.54) is 0 Å². The van der Waals surface area contributed by atoms with Gasteiger partial charge in [0.05, 0.1) is 58.3 Å². The second kappa shape index (κ2) is 33.9. The summed E-state index contributed by atoms with van der Waals surface area (Å²) in [5.41, 5.74) is 0. The summed E-state index contributed by atoms with van der Waals surface area (Å²) in [7, 11) is 0. The van der Waals surface area contributed by atoms with Crippen LogP contribution in [0.5, 0.6) is 0 Å². The van der Waals surface area contributed by atoms with Crippen LogP contribution in [-0.4, -0.2) is 446 Å². The van der Waals surface area contributed by atoms with E-state index >= 15 is 0 Å². The second-order valence-corrected chi connectivity index (χ2v) is 24.1. The minimum absolute atomic E-state index is 0.878. The van der Waals surface area contributed by atoms with E-state index in [0.717, 1.165) is 13.8 Å². The first-order valence-corrected chi connectivity index (χ1v) is 30.1. The normalized spacial score (nSPS) is 47.6. The number of carboxylic acid groups (broad SMARTS) is 2. The van der Waals surface area contributed by atoms with Crippen LogP contribution in [0.2, 0.25) is 0 Å². The van der Waals surface area contributed by atoms with Gasteiger partial charge in [0.1, 0.15) is 171 Å². The average Bonchev–Trinajstić information content (AvgIpc) is 0.752. The molecule has 46 nitrogen and oxygen atoms in total. The molecule has 7 heterocycles. The van der Waals surface area contributed by atoms with Crippen molar-refractivity contribution in [3.8, 4) is 0 Å². The molecular weight excluding hydrogens is 1360 g/mol. The molecule has 7 aliphatic heterocycles. The van der Waals surface area contributed by atoms with Crippen LogP contribution in [0.3, 0.4) is 0 Å². The summed E-state index contributed by atoms with van der Waals surface area (Å²) < 4.78 is 72.0. The number of hydrogen-bond acceptors (Lipinski definition) is 42. The van der Waals surface area contributed by atoms with Gasteiger partial charge < -0.3 is 210 Å². The van der Waals surface area contributed by atoms with Gasteiger partial charge in [0.15, 0.2) is 43.7 Å². The average molecular weight is 1440 g/mol. The lowest BCUT2D eigenvalue weighted by Gasteiger charge is -2.51. The van der Waals surface area contributed by atoms with Crippen LogP contribution in [0.4, 0.5) is 0 Å². The minimum Gasteiger partial charge on any atom is -0.477 e. The summed E-state index contributed by atoms with van der Waals surface area (Å²) in [6.45, 7) is -6.62. The number of carboxylic acids is 2. The first kappa shape index (κ1) is 81.7. The molecule has 0 bridgehead atoms. The van der Waals surface area contributed by atoms with Crippen molar-refractivity contribution in [2.45, 2.75) is 252 Å². The summed E-state index contributed by atoms with van der Waals surface area (Å²) in [5, 5.41) is 297. The van der Waals surface area contributed by atoms with Gasteiger partial charge in [0.25, 0.3) is 11.6 Å². The number of carbonyl (C=O) groups is 4. The van der Waals surface area contributed by atoms with E-state index in [1.54, 1.807) is 0 Å². The highest BCUT2D eigenvalue weighted by Crippen LogP contribution is 2.41. The summed E-state index contributed by atoms with van der Waals surface area (Å²) in [6, 6.07) is -4.02. The molecule has 568 valence electrons. The molecule has 0 spiro atoms. The van der Waals surface area contributed by atoms with Crippen LogP contribution in [0.15, 0.2) is 0 Å². The third-order valence-electron chi connectivity index (χ3n) is 17.5. The van der Waals surface area contributed by atoms with Gasteiger partial charge >= 0.3 is 11.9 Å². The number of aliphatic hydroxyl groups excluding tert-OH is 23. The molecule has 2 amide bonds. The van der Waals surface area contributed by atoms with Crippen LogP contribution >= 0.6 is 0 Å². The van der Waals surface area contributed by atoms with E-state index in [-0.39, 0.29) is 0 Å². The second-order valence-electron chi connectivity index (χ2n) is 24.1. The van der Waals surface area contributed by atoms with Crippen molar-refractivity contribution in [2.24, 2.45) is 0 Å². The van der Waals surface area contributed by atoms with E-state index in [1.807, 2.05) is 0 Å². The molecule has 7 rings (SSSR count). The smallest absolute Gasteiger partial charge is 0.367 e. The Bertz CT molecular complexity index is 2590. The molecule has 0 aromatic heterocycles. The molecule has 7 aliphatic rings. The quantitative estimate of drug-likeness (QED) is 0.0363. The van der Waals surface area contributed by atoms with E-state index in [4.69, 9.17) is 61.6 Å². The van der Waals surface area contributed by atoms with E-state index in [9.17, 15) is 157 Å². The van der Waals surface area contributed by atoms with Gasteiger partial charge in [-0.3, -0.25) is 9.59 Å². The SMILES string of the molecule is CC(=O)N[C@@H]1[C@@H](O)[C@@H](O[C@H]2[C@@H](O)[C@@H](CO)O[C@@H](O[C@@H]3[C@H](O)[C@@H](O)[C@H](O[C@@H]4[C@H](O)[C@@H](O)[C@H](O[C@H]5O[C@H](CO)[C@@H](O[C@@H]6O[C@H](CO)[C@H](O)[C@H](O[C@@H]7[C@H](O)[C@@H](NC(C)=O)[C@H]([C@H](O)[C@H](O)CO)O[C@]7(O)C(=O)O)[C@H]6O)[C@H](O)[C@H]5O)O[C@@H]4CO)O[C@@H]3CO)[C@@H]2O)[C@@](O)(C(=O)O)O[C@H]1[C@H](O)[C@H](O)CO. The fraction of sp³-hybridized carbons (Fsp3) is 0.923. The highest BCUT2D eigenvalue weighted by molar-refractivity contribution is 5.78. The van der Waals surface area contributed by atoms with Gasteiger partial charge in [0, 0.05) is 13.8 Å². The Hall–Kier alpha value is -3.64. The first-order chi connectivity index (χ1) is 46.0. The van der Waals surface area contributed by atoms with E-state index in [2.05, 4.69) is 10.6 Å². The van der Waals surface area contributed by atoms with Crippen LogP contribution in [-0.2, 0) is 80.8 Å². The molecular formula is C52H86N2O44. The van der Waals surface area contributed by atoms with Crippen molar-refractivity contribution in [3.05, 3.63) is 0 Å². The number of aliphatic carboxylic acids is 2. The Morgan fingerprint density at radius 1 is 0.367 bits per heavy atom. The number of ether oxygens (including phenoxy) is 13. The number of amides is 2. The number of nitrogens with one attached hydrogen (secondary N) is 2. The molecule has 0 radical (unpaired) electrons. The molecule has 98 heavy (non-hydrogen) atoms. The lowest BCUT2D eigenvalue weighted by atomic mass is 9.86. The maximum absolute atomic E-state index is 12.6. The minimum atomic E-state index is -3.82. The lowest BCUT2D eigenvalue weighted by molar-refractivity contribution is -0.407. The first-order valence-electron chi connectivity index (χ1n) is 30.1. The topological polar surface area (TPSA) is 759 Å². The fourth-order valence-electron chi connectivity index (χ4n) is 12.2. The van der Waals surface area contributed by atoms with Crippen LogP contribution in [0.25, 0.3) is 0 Å². The molecule has 0 aliphatic carbocycles. The third-order valence-corrected chi connectivity index (χ3v) is 17.5. The van der Waals surface area contributed by atoms with Gasteiger partial charge in [0.2, 0.25) is 11.8 Å². The van der Waals surface area contributed by atoms with Crippen molar-refractivity contribution in [1.82, 2.24) is 10.6 Å². The number of aliphatic hydroxyl groups is 25. The number of rotatable bonds is 27. The number of carbonyl (C=O) groups excluding carboxylic acids is 2. The van der Waals surface area contributed by atoms with Crippen molar-refractivity contribution in [3.63, 3.8) is 0 Å². The zero-order valence-corrected chi connectivity index (χ0v) is 51.3. The highest BCUT2D eigenvalue weighted by Gasteiger charge is 2.66. The summed E-state index contributed by atoms with van der Waals surface area (Å²) in [5.74, 6) is -14.4. The molecule has 29 N–H and O–H groups in total. The Morgan fingerprint density at radius 2 is 0.633 bits per heavy atom. The monoisotopic (exact) mass is 1440 g/mol. The Labute approximate surface area is 550 Å². The van der Waals surface area contributed by atoms with Gasteiger partial charge in [-0.1, -0.05) is 0 Å². The predicted molar refractivity (Wildman–Crippen MR) is 292 cm³/mol. The maximum atomic E-state index is 12.6. The number of hydrogen-bond donors (Lipinski definition) is 29. The predicted octanol–water partition coefficient (Wildman–Crippen LogP) is -19.6. The largest absolute Gasteiger partial charge is 0.477 e. The van der Waals surface area contributed by atoms with Gasteiger partial charge in [-0.15, -0.1) is 0 Å². The van der Waals surface area contributed by atoms with Gasteiger partial charge in [-0.25, -0.2) is 9.59 Å². The molecule has 46 heteroatoms. The molecule has 0 aromatic carbocycles. The molecule has 39 atom stereocenters. The zero-order chi connectivity index (χ0) is 73.2. The zero-order valence-electron chi connectivity index (χ0n) is 51.3. The van der Waals surface area contributed by atoms with Crippen LogP contribution in [0, 0.1) is 0 Å². The van der Waals surface area contributed by atoms with Gasteiger partial charge in [-0.05, 0) is 0 Å². The summed E-state index contributed by atoms with van der Waals surface area (Å²) in [4.78, 5) is 49.6. The Kier molecular flexibility index (Phi) is 28.2. The van der Waals surface area contributed by atoms with E-state index in [0.29, 0.717) is 0 Å². The highest BCUT2D eigenvalue weighted by atomic mass is 16.8. The van der Waals surface area contributed by atoms with Crippen molar-refractivity contribution >= 4 is 23.8 Å². The molecule has 0 aromatic rings. The maximum Gasteiger partial charge on any atom is 0.367 e. The standard InChI is InChI=1S/C52H86N2O44/c1-10(62)53-19-25(70)42(51(84,49(80)81)97-38(19)21(66)12(64)3-55)91-40-23(68)14(5-57)86-47(33(40)78)94-36-16(7-59)88-44(30(75)27(36)72)93-35-17(8-60)89-45(31(76)28(35)73)96-46-32(77)29(74)37(18(9-61)90-46)95-48-34(79)41(24(69)15(6-58)87-48)92-43-26(71)20(54-11(2)63)39(22(67)13(65)4-56)98-52(43,85)50(82)83/h12-48,55-61,64-79,84-85H,3-9H2,1-2H3,(H,53,62)(H,54,63)(H,80,81)(H,82,83)/t12-,13-,14-,15-,16-,17-,18-,19-,20-,21-,22-,23+,24+,25-,26-,27-,28-,29-,30-,31-,32-,33-,34-,35+,36+,37-,38-,39-,40+,41+,42-,43-,44+,45+,46-,47+,48+,51+,52+/m1/s1. The van der Waals surface area contributed by atoms with Crippen molar-refractivity contribution in [2.75, 3.05) is 46.2 Å². The molecule has 7 saturated heterocycles. The van der Waals surface area contributed by atoms with Gasteiger partial charge in [-0.2, -0.15) is 0 Å².